The van der Waals surface area contributed by atoms with Gasteiger partial charge in [-0.2, -0.15) is 0 Å². The van der Waals surface area contributed by atoms with Crippen molar-refractivity contribution in [3.05, 3.63) is 0 Å². The third kappa shape index (κ3) is 1.80. The first-order valence-corrected chi connectivity index (χ1v) is 4.98. The van der Waals surface area contributed by atoms with Gasteiger partial charge in [-0.25, -0.2) is 0 Å². The van der Waals surface area contributed by atoms with Gasteiger partial charge in [0.1, 0.15) is 0 Å². The summed E-state index contributed by atoms with van der Waals surface area (Å²) in [5.74, 6) is 0.852. The summed E-state index contributed by atoms with van der Waals surface area (Å²) in [5, 5.41) is 0. The van der Waals surface area contributed by atoms with Gasteiger partial charge in [0.05, 0.1) is 0 Å². The van der Waals surface area contributed by atoms with E-state index in [1.165, 1.54) is 25.7 Å². The van der Waals surface area contributed by atoms with E-state index in [1.807, 2.05) is 0 Å². The molecule has 2 atom stereocenters. The summed E-state index contributed by atoms with van der Waals surface area (Å²) in [6, 6.07) is 0. The molecule has 0 aromatic heterocycles. The topological polar surface area (TPSA) is 29.3 Å². The molecule has 0 aromatic rings. The van der Waals surface area contributed by atoms with Crippen molar-refractivity contribution in [2.75, 3.05) is 20.6 Å². The Bertz CT molecular complexity index is 145. The van der Waals surface area contributed by atoms with Crippen molar-refractivity contribution in [3.8, 4) is 0 Å². The molecule has 0 radical (unpaired) electrons. The molecule has 0 spiro atoms. The molecule has 0 saturated heterocycles. The first-order valence-electron chi connectivity index (χ1n) is 4.98. The Hall–Kier alpha value is -0.0800. The molecule has 0 bridgehead atoms. The molecule has 0 aromatic carbocycles. The normalized spacial score (nSPS) is 37.2. The Labute approximate surface area is 76.1 Å². The minimum atomic E-state index is 0.303. The van der Waals surface area contributed by atoms with E-state index >= 15 is 0 Å². The highest BCUT2D eigenvalue weighted by molar-refractivity contribution is 4.93. The van der Waals surface area contributed by atoms with Crippen LogP contribution in [0.2, 0.25) is 0 Å². The van der Waals surface area contributed by atoms with Gasteiger partial charge in [-0.3, -0.25) is 0 Å². The zero-order chi connectivity index (χ0) is 9.19. The van der Waals surface area contributed by atoms with Gasteiger partial charge in [0.15, 0.2) is 0 Å². The van der Waals surface area contributed by atoms with Crippen LogP contribution in [0.25, 0.3) is 0 Å². The number of hydrogen-bond donors (Lipinski definition) is 1. The lowest BCUT2D eigenvalue weighted by molar-refractivity contribution is 0.0841. The minimum absolute atomic E-state index is 0.303. The first-order chi connectivity index (χ1) is 5.60. The summed E-state index contributed by atoms with van der Waals surface area (Å²) >= 11 is 0. The number of rotatable bonds is 2. The van der Waals surface area contributed by atoms with E-state index in [1.54, 1.807) is 0 Å². The fraction of sp³-hybridized carbons (Fsp3) is 1.00. The zero-order valence-electron chi connectivity index (χ0n) is 8.64. The van der Waals surface area contributed by atoms with E-state index in [0.29, 0.717) is 5.54 Å². The average Bonchev–Trinajstić information content (AvgIpc) is 2.04. The second-order valence-electron chi connectivity index (χ2n) is 4.52. The molecule has 2 heteroatoms. The second kappa shape index (κ2) is 3.75. The SMILES string of the molecule is C[C@@H]1CCC[C@@](CN)(N(C)C)C1. The monoisotopic (exact) mass is 170 g/mol. The molecule has 1 aliphatic carbocycles. The smallest absolute Gasteiger partial charge is 0.0328 e. The van der Waals surface area contributed by atoms with E-state index in [4.69, 9.17) is 5.73 Å². The summed E-state index contributed by atoms with van der Waals surface area (Å²) in [6.07, 6.45) is 5.28. The van der Waals surface area contributed by atoms with Crippen LogP contribution < -0.4 is 5.73 Å². The Morgan fingerprint density at radius 2 is 2.17 bits per heavy atom. The molecule has 2 N–H and O–H groups in total. The van der Waals surface area contributed by atoms with E-state index < -0.39 is 0 Å². The molecule has 2 nitrogen and oxygen atoms in total. The fourth-order valence-corrected chi connectivity index (χ4v) is 2.41. The maximum absolute atomic E-state index is 5.86. The van der Waals surface area contributed by atoms with E-state index in [0.717, 1.165) is 12.5 Å². The lowest BCUT2D eigenvalue weighted by atomic mass is 9.75. The fourth-order valence-electron chi connectivity index (χ4n) is 2.41. The first kappa shape index (κ1) is 10.0. The predicted octanol–water partition coefficient (Wildman–Crippen LogP) is 1.46. The molecule has 0 unspecified atom stereocenters. The Kier molecular flexibility index (Phi) is 3.13. The van der Waals surface area contributed by atoms with Gasteiger partial charge < -0.3 is 10.6 Å². The molecule has 1 fully saturated rings. The number of nitrogens with two attached hydrogens (primary N) is 1. The van der Waals surface area contributed by atoms with Gasteiger partial charge in [0.25, 0.3) is 0 Å². The summed E-state index contributed by atoms with van der Waals surface area (Å²) in [5.41, 5.74) is 6.16. The van der Waals surface area contributed by atoms with E-state index in [9.17, 15) is 0 Å². The summed E-state index contributed by atoms with van der Waals surface area (Å²) < 4.78 is 0. The molecular weight excluding hydrogens is 148 g/mol. The van der Waals surface area contributed by atoms with Crippen LogP contribution in [0.4, 0.5) is 0 Å². The zero-order valence-corrected chi connectivity index (χ0v) is 8.64. The molecular formula is C10H22N2. The van der Waals surface area contributed by atoms with Gasteiger partial charge in [-0.1, -0.05) is 19.8 Å². The van der Waals surface area contributed by atoms with Crippen molar-refractivity contribution in [1.29, 1.82) is 0 Å². The van der Waals surface area contributed by atoms with Crippen molar-refractivity contribution in [2.45, 2.75) is 38.1 Å². The molecule has 0 heterocycles. The molecule has 72 valence electrons. The highest BCUT2D eigenvalue weighted by Crippen LogP contribution is 2.34. The van der Waals surface area contributed by atoms with Crippen molar-refractivity contribution >= 4 is 0 Å². The maximum atomic E-state index is 5.86. The van der Waals surface area contributed by atoms with Crippen molar-refractivity contribution in [3.63, 3.8) is 0 Å². The minimum Gasteiger partial charge on any atom is -0.329 e. The third-order valence-corrected chi connectivity index (χ3v) is 3.40. The van der Waals surface area contributed by atoms with Crippen LogP contribution in [0.3, 0.4) is 0 Å². The molecule has 0 aliphatic heterocycles. The lowest BCUT2D eigenvalue weighted by Gasteiger charge is -2.44. The van der Waals surface area contributed by atoms with Gasteiger partial charge >= 0.3 is 0 Å². The van der Waals surface area contributed by atoms with Gasteiger partial charge in [-0.15, -0.1) is 0 Å². The Morgan fingerprint density at radius 1 is 1.50 bits per heavy atom. The molecule has 1 saturated carbocycles. The van der Waals surface area contributed by atoms with E-state index in [-0.39, 0.29) is 0 Å². The molecule has 0 amide bonds. The lowest BCUT2D eigenvalue weighted by Crippen LogP contribution is -2.52. The van der Waals surface area contributed by atoms with Gasteiger partial charge in [0.2, 0.25) is 0 Å². The van der Waals surface area contributed by atoms with Gasteiger partial charge in [0, 0.05) is 12.1 Å². The van der Waals surface area contributed by atoms with Crippen LogP contribution in [0.5, 0.6) is 0 Å². The van der Waals surface area contributed by atoms with Crippen LogP contribution in [-0.2, 0) is 0 Å². The molecule has 12 heavy (non-hydrogen) atoms. The third-order valence-electron chi connectivity index (χ3n) is 3.40. The highest BCUT2D eigenvalue weighted by Gasteiger charge is 2.35. The average molecular weight is 170 g/mol. The second-order valence-corrected chi connectivity index (χ2v) is 4.52. The summed E-state index contributed by atoms with van der Waals surface area (Å²) in [4.78, 5) is 2.32. The largest absolute Gasteiger partial charge is 0.329 e. The van der Waals surface area contributed by atoms with Crippen LogP contribution in [0, 0.1) is 5.92 Å². The predicted molar refractivity (Wildman–Crippen MR) is 53.1 cm³/mol. The van der Waals surface area contributed by atoms with Crippen LogP contribution in [-0.4, -0.2) is 31.1 Å². The Balaban J connectivity index is 2.64. The van der Waals surface area contributed by atoms with Crippen LogP contribution >= 0.6 is 0 Å². The van der Waals surface area contributed by atoms with Crippen molar-refractivity contribution in [1.82, 2.24) is 4.90 Å². The highest BCUT2D eigenvalue weighted by atomic mass is 15.2. The molecule has 1 rings (SSSR count). The number of hydrogen-bond acceptors (Lipinski definition) is 2. The Morgan fingerprint density at radius 3 is 2.50 bits per heavy atom. The molecule has 1 aliphatic rings. The summed E-state index contributed by atoms with van der Waals surface area (Å²) in [6.45, 7) is 3.15. The number of likely N-dealkylation sites (N-methyl/N-ethyl adjacent to an activating group) is 1. The quantitative estimate of drug-likeness (QED) is 0.680. The van der Waals surface area contributed by atoms with Crippen molar-refractivity contribution < 1.29 is 0 Å². The van der Waals surface area contributed by atoms with Crippen LogP contribution in [0.15, 0.2) is 0 Å². The van der Waals surface area contributed by atoms with Crippen LogP contribution in [0.1, 0.15) is 32.6 Å². The standard InChI is InChI=1S/C10H22N2/c1-9-5-4-6-10(7-9,8-11)12(2)3/h9H,4-8,11H2,1-3H3/t9-,10-/m1/s1. The maximum Gasteiger partial charge on any atom is 0.0328 e. The van der Waals surface area contributed by atoms with Gasteiger partial charge in [-0.05, 0) is 32.9 Å². The number of nitrogens with zero attached hydrogens (tertiary/aromatic N) is 1. The van der Waals surface area contributed by atoms with Crippen molar-refractivity contribution in [2.24, 2.45) is 11.7 Å². The summed E-state index contributed by atoms with van der Waals surface area (Å²) in [7, 11) is 4.32. The van der Waals surface area contributed by atoms with E-state index in [2.05, 4.69) is 25.9 Å².